The van der Waals surface area contributed by atoms with Crippen LogP contribution in [0.1, 0.15) is 29.5 Å². The van der Waals surface area contributed by atoms with Crippen molar-refractivity contribution in [1.29, 1.82) is 0 Å². The van der Waals surface area contributed by atoms with Gasteiger partial charge in [-0.3, -0.25) is 14.4 Å². The van der Waals surface area contributed by atoms with Crippen LogP contribution in [-0.2, 0) is 32.3 Å². The molecule has 3 aromatic carbocycles. The summed E-state index contributed by atoms with van der Waals surface area (Å²) in [7, 11) is 0. The zero-order chi connectivity index (χ0) is 24.0. The van der Waals surface area contributed by atoms with Crippen LogP contribution in [0.5, 0.6) is 0 Å². The van der Waals surface area contributed by atoms with E-state index in [1.54, 1.807) is 6.08 Å². The quantitative estimate of drug-likeness (QED) is 0.337. The third kappa shape index (κ3) is 8.74. The second kappa shape index (κ2) is 13.4. The molecule has 0 saturated heterocycles. The van der Waals surface area contributed by atoms with E-state index in [4.69, 9.17) is 4.74 Å². The van der Waals surface area contributed by atoms with Crippen molar-refractivity contribution in [2.45, 2.75) is 32.0 Å². The molecule has 0 radical (unpaired) electrons. The lowest BCUT2D eigenvalue weighted by Crippen LogP contribution is -2.46. The topological polar surface area (TPSA) is 84.5 Å². The lowest BCUT2D eigenvalue weighted by Gasteiger charge is -2.17. The molecule has 0 aromatic heterocycles. The van der Waals surface area contributed by atoms with E-state index >= 15 is 0 Å². The third-order valence-electron chi connectivity index (χ3n) is 5.05. The second-order valence-electron chi connectivity index (χ2n) is 7.69. The van der Waals surface area contributed by atoms with E-state index < -0.39 is 17.9 Å². The molecule has 1 atom stereocenters. The summed E-state index contributed by atoms with van der Waals surface area (Å²) in [6.45, 7) is 0.487. The molecule has 0 aliphatic heterocycles. The number of hydrogen-bond acceptors (Lipinski definition) is 4. The number of nitrogens with one attached hydrogen (secondary N) is 2. The van der Waals surface area contributed by atoms with E-state index in [9.17, 15) is 14.4 Å². The van der Waals surface area contributed by atoms with Crippen molar-refractivity contribution in [3.63, 3.8) is 0 Å². The highest BCUT2D eigenvalue weighted by molar-refractivity contribution is 5.95. The van der Waals surface area contributed by atoms with Gasteiger partial charge >= 0.3 is 5.97 Å². The third-order valence-corrected chi connectivity index (χ3v) is 5.05. The summed E-state index contributed by atoms with van der Waals surface area (Å²) in [5, 5.41) is 5.54. The Morgan fingerprint density at radius 1 is 0.794 bits per heavy atom. The van der Waals surface area contributed by atoms with Crippen molar-refractivity contribution in [2.24, 2.45) is 0 Å². The van der Waals surface area contributed by atoms with Gasteiger partial charge in [0.25, 0.3) is 0 Å². The van der Waals surface area contributed by atoms with Crippen LogP contribution < -0.4 is 10.6 Å². The molecule has 0 aliphatic carbocycles. The van der Waals surface area contributed by atoms with Crippen molar-refractivity contribution in [3.05, 3.63) is 114 Å². The summed E-state index contributed by atoms with van der Waals surface area (Å²) in [6, 6.07) is 27.3. The summed E-state index contributed by atoms with van der Waals surface area (Å²) in [4.78, 5) is 37.5. The molecular formula is C28H28N2O4. The van der Waals surface area contributed by atoms with Crippen LogP contribution in [0, 0.1) is 0 Å². The molecule has 6 heteroatoms. The lowest BCUT2D eigenvalue weighted by atomic mass is 10.1. The highest BCUT2D eigenvalue weighted by Crippen LogP contribution is 2.07. The lowest BCUT2D eigenvalue weighted by molar-refractivity contribution is -0.145. The minimum Gasteiger partial charge on any atom is -0.461 e. The number of carbonyl (C=O) groups excluding carboxylic acids is 3. The van der Waals surface area contributed by atoms with Gasteiger partial charge in [-0.25, -0.2) is 0 Å². The molecule has 0 aliphatic rings. The van der Waals surface area contributed by atoms with Crippen LogP contribution >= 0.6 is 0 Å². The Bertz CT molecular complexity index is 1080. The summed E-state index contributed by atoms with van der Waals surface area (Å²) in [5.41, 5.74) is 2.69. The van der Waals surface area contributed by atoms with Gasteiger partial charge in [-0.1, -0.05) is 91.0 Å². The molecule has 174 valence electrons. The van der Waals surface area contributed by atoms with Gasteiger partial charge in [-0.05, 0) is 29.2 Å². The first-order chi connectivity index (χ1) is 16.6. The van der Waals surface area contributed by atoms with Crippen molar-refractivity contribution >= 4 is 23.9 Å². The van der Waals surface area contributed by atoms with E-state index in [2.05, 4.69) is 10.6 Å². The van der Waals surface area contributed by atoms with Crippen LogP contribution in [0.15, 0.2) is 97.1 Å². The molecule has 0 spiro atoms. The molecule has 3 aromatic rings. The van der Waals surface area contributed by atoms with Crippen molar-refractivity contribution < 1.29 is 19.1 Å². The monoisotopic (exact) mass is 456 g/mol. The van der Waals surface area contributed by atoms with Gasteiger partial charge in [0.05, 0.1) is 0 Å². The Morgan fingerprint density at radius 2 is 1.38 bits per heavy atom. The summed E-state index contributed by atoms with van der Waals surface area (Å²) in [6.07, 6.45) is 3.17. The fourth-order valence-electron chi connectivity index (χ4n) is 3.21. The average molecular weight is 457 g/mol. The predicted octanol–water partition coefficient (Wildman–Crippen LogP) is 4.02. The standard InChI is InChI=1S/C28H28N2O4/c31-26(18-16-22-10-4-1-5-11-22)30-25(28(33)29-20-23-12-6-2-7-13-23)17-19-27(32)34-21-24-14-8-3-9-15-24/h1-16,18,25H,17,19-21H2,(H,29,33)(H,30,31)/b18-16+/t25-/m0/s1. The van der Waals surface area contributed by atoms with Crippen LogP contribution in [0.25, 0.3) is 6.08 Å². The highest BCUT2D eigenvalue weighted by atomic mass is 16.5. The summed E-state index contributed by atoms with van der Waals surface area (Å²) in [5.74, 6) is -1.21. The first-order valence-corrected chi connectivity index (χ1v) is 11.1. The van der Waals surface area contributed by atoms with Gasteiger partial charge < -0.3 is 15.4 Å². The fraction of sp³-hybridized carbons (Fsp3) is 0.179. The second-order valence-corrected chi connectivity index (χ2v) is 7.69. The van der Waals surface area contributed by atoms with Gasteiger partial charge in [0, 0.05) is 19.0 Å². The van der Waals surface area contributed by atoms with Crippen molar-refractivity contribution in [3.8, 4) is 0 Å². The number of ether oxygens (including phenoxy) is 1. The zero-order valence-electron chi connectivity index (χ0n) is 18.9. The minimum atomic E-state index is -0.874. The molecule has 3 rings (SSSR count). The molecule has 0 fully saturated rings. The Hall–Kier alpha value is -4.19. The van der Waals surface area contributed by atoms with Gasteiger partial charge in [0.2, 0.25) is 11.8 Å². The predicted molar refractivity (Wildman–Crippen MR) is 131 cm³/mol. The minimum absolute atomic E-state index is 0.00105. The normalized spacial score (nSPS) is 11.5. The zero-order valence-corrected chi connectivity index (χ0v) is 18.9. The molecule has 34 heavy (non-hydrogen) atoms. The van der Waals surface area contributed by atoms with E-state index in [-0.39, 0.29) is 25.4 Å². The Morgan fingerprint density at radius 3 is 2.03 bits per heavy atom. The van der Waals surface area contributed by atoms with E-state index in [0.29, 0.717) is 6.54 Å². The van der Waals surface area contributed by atoms with Gasteiger partial charge in [0.1, 0.15) is 12.6 Å². The van der Waals surface area contributed by atoms with Gasteiger partial charge in [-0.15, -0.1) is 0 Å². The highest BCUT2D eigenvalue weighted by Gasteiger charge is 2.21. The smallest absolute Gasteiger partial charge is 0.306 e. The number of benzene rings is 3. The van der Waals surface area contributed by atoms with E-state index in [0.717, 1.165) is 16.7 Å². The maximum Gasteiger partial charge on any atom is 0.306 e. The van der Waals surface area contributed by atoms with Crippen molar-refractivity contribution in [2.75, 3.05) is 0 Å². The molecular weight excluding hydrogens is 428 g/mol. The van der Waals surface area contributed by atoms with Crippen LogP contribution in [-0.4, -0.2) is 23.8 Å². The van der Waals surface area contributed by atoms with E-state index in [1.807, 2.05) is 91.0 Å². The molecule has 2 N–H and O–H groups in total. The maximum atomic E-state index is 12.8. The SMILES string of the molecule is O=C(/C=C/c1ccccc1)N[C@@H](CCC(=O)OCc1ccccc1)C(=O)NCc1ccccc1. The van der Waals surface area contributed by atoms with Crippen LogP contribution in [0.2, 0.25) is 0 Å². The molecule has 6 nitrogen and oxygen atoms in total. The molecule has 2 amide bonds. The Balaban J connectivity index is 1.56. The summed E-state index contributed by atoms with van der Waals surface area (Å²) < 4.78 is 5.30. The first kappa shape index (κ1) is 24.5. The van der Waals surface area contributed by atoms with Gasteiger partial charge in [-0.2, -0.15) is 0 Å². The number of carbonyl (C=O) groups is 3. The molecule has 0 heterocycles. The fourth-order valence-corrected chi connectivity index (χ4v) is 3.21. The number of hydrogen-bond donors (Lipinski definition) is 2. The number of rotatable bonds is 11. The maximum absolute atomic E-state index is 12.8. The molecule has 0 unspecified atom stereocenters. The van der Waals surface area contributed by atoms with Crippen LogP contribution in [0.4, 0.5) is 0 Å². The van der Waals surface area contributed by atoms with Gasteiger partial charge in [0.15, 0.2) is 0 Å². The number of esters is 1. The first-order valence-electron chi connectivity index (χ1n) is 11.1. The van der Waals surface area contributed by atoms with Crippen LogP contribution in [0.3, 0.4) is 0 Å². The Kier molecular flexibility index (Phi) is 9.62. The summed E-state index contributed by atoms with van der Waals surface area (Å²) >= 11 is 0. The van der Waals surface area contributed by atoms with Crippen molar-refractivity contribution in [1.82, 2.24) is 10.6 Å². The number of amides is 2. The Labute approximate surface area is 199 Å². The molecule has 0 saturated carbocycles. The largest absolute Gasteiger partial charge is 0.461 e. The average Bonchev–Trinajstić information content (AvgIpc) is 2.89. The molecule has 0 bridgehead atoms. The van der Waals surface area contributed by atoms with E-state index in [1.165, 1.54) is 6.08 Å².